The van der Waals surface area contributed by atoms with Crippen molar-refractivity contribution in [1.82, 2.24) is 10.6 Å². The van der Waals surface area contributed by atoms with Crippen LogP contribution in [0.1, 0.15) is 25.8 Å². The van der Waals surface area contributed by atoms with Gasteiger partial charge in [-0.1, -0.05) is 49.2 Å². The predicted octanol–water partition coefficient (Wildman–Crippen LogP) is 3.89. The number of carbonyl (C=O) groups is 2. The molecule has 1 rings (SSSR count). The molecule has 138 valence electrons. The van der Waals surface area contributed by atoms with Gasteiger partial charge < -0.3 is 15.7 Å². The molecule has 0 aliphatic carbocycles. The van der Waals surface area contributed by atoms with Crippen LogP contribution in [0.4, 0.5) is 4.79 Å². The number of Topliss-reactive ketones (excluding diaryl/α,β-unsaturated/α-hetero) is 1. The number of ketones is 1. The lowest BCUT2D eigenvalue weighted by Crippen LogP contribution is -2.48. The monoisotopic (exact) mass is 386 g/mol. The summed E-state index contributed by atoms with van der Waals surface area (Å²) in [6, 6.07) is 5.22. The third-order valence-corrected chi connectivity index (χ3v) is 4.79. The Morgan fingerprint density at radius 2 is 1.96 bits per heavy atom. The smallest absolute Gasteiger partial charge is 0.404 e. The van der Waals surface area contributed by atoms with E-state index in [0.29, 0.717) is 23.0 Å². The molecule has 1 atom stereocenters. The molecule has 1 unspecified atom stereocenters. The van der Waals surface area contributed by atoms with Gasteiger partial charge in [0.15, 0.2) is 0 Å². The van der Waals surface area contributed by atoms with E-state index >= 15 is 0 Å². The first-order chi connectivity index (χ1) is 11.7. The molecule has 0 bridgehead atoms. The fraction of sp³-hybridized carbons (Fsp3) is 0.444. The Morgan fingerprint density at radius 1 is 1.28 bits per heavy atom. The van der Waals surface area contributed by atoms with Crippen molar-refractivity contribution in [2.24, 2.45) is 5.92 Å². The van der Waals surface area contributed by atoms with Crippen molar-refractivity contribution in [3.05, 3.63) is 46.5 Å². The number of carbonyl (C=O) groups excluding carboxylic acids is 1. The minimum absolute atomic E-state index is 0.0663. The van der Waals surface area contributed by atoms with Gasteiger partial charge in [0.25, 0.3) is 0 Å². The summed E-state index contributed by atoms with van der Waals surface area (Å²) in [6.45, 7) is 8.20. The summed E-state index contributed by atoms with van der Waals surface area (Å²) in [4.78, 5) is 22.9. The van der Waals surface area contributed by atoms with Crippen LogP contribution in [0, 0.1) is 5.92 Å². The van der Waals surface area contributed by atoms with Crippen LogP contribution < -0.4 is 10.6 Å². The van der Waals surface area contributed by atoms with E-state index in [4.69, 9.17) is 28.3 Å². The number of allylic oxidation sites excluding steroid dienone is 1. The molecule has 7 heteroatoms. The maximum absolute atomic E-state index is 11.9. The summed E-state index contributed by atoms with van der Waals surface area (Å²) in [5.41, 5.74) is 0.186. The highest BCUT2D eigenvalue weighted by atomic mass is 35.5. The molecule has 0 heterocycles. The van der Waals surface area contributed by atoms with E-state index in [1.165, 1.54) is 0 Å². The third-order valence-electron chi connectivity index (χ3n) is 4.05. The topological polar surface area (TPSA) is 78.4 Å². The largest absolute Gasteiger partial charge is 0.465 e. The molecule has 0 spiro atoms. The normalized spacial score (nSPS) is 13.3. The minimum atomic E-state index is -1.12. The van der Waals surface area contributed by atoms with Crippen molar-refractivity contribution in [1.29, 1.82) is 0 Å². The molecule has 0 fully saturated rings. The lowest BCUT2D eigenvalue weighted by molar-refractivity contribution is -0.121. The number of nitrogens with one attached hydrogen (secondary N) is 2. The van der Waals surface area contributed by atoms with Crippen molar-refractivity contribution in [3.8, 4) is 0 Å². The second-order valence-corrected chi connectivity index (χ2v) is 7.10. The Bertz CT molecular complexity index is 635. The van der Waals surface area contributed by atoms with Gasteiger partial charge in [-0.25, -0.2) is 4.79 Å². The number of carboxylic acid groups (broad SMARTS) is 1. The van der Waals surface area contributed by atoms with Crippen LogP contribution in [0.3, 0.4) is 0 Å². The van der Waals surface area contributed by atoms with E-state index in [9.17, 15) is 9.59 Å². The van der Waals surface area contributed by atoms with Gasteiger partial charge in [0.2, 0.25) is 0 Å². The van der Waals surface area contributed by atoms with Gasteiger partial charge in [-0.3, -0.25) is 4.79 Å². The summed E-state index contributed by atoms with van der Waals surface area (Å²) in [6.07, 6.45) is 1.10. The third kappa shape index (κ3) is 6.34. The highest BCUT2D eigenvalue weighted by molar-refractivity contribution is 6.42. The molecule has 1 amide bonds. The number of amides is 1. The van der Waals surface area contributed by atoms with E-state index in [1.54, 1.807) is 18.2 Å². The standard InChI is InChI=1S/C18H24Cl2N2O3/c1-4-7-18(11-22-17(24)25,10-21-9-16(23)12(2)3)13-5-6-14(19)15(20)8-13/h4-6,8,12,21-22H,1,7,9-11H2,2-3H3,(H,24,25). The Kier molecular flexibility index (Phi) is 8.42. The summed E-state index contributed by atoms with van der Waals surface area (Å²) in [5.74, 6) is 0.0243. The highest BCUT2D eigenvalue weighted by Gasteiger charge is 2.32. The first kappa shape index (κ1) is 21.5. The van der Waals surface area contributed by atoms with Gasteiger partial charge in [0.05, 0.1) is 16.6 Å². The predicted molar refractivity (Wildman–Crippen MR) is 102 cm³/mol. The number of hydrogen-bond donors (Lipinski definition) is 3. The van der Waals surface area contributed by atoms with Crippen LogP contribution in [0.25, 0.3) is 0 Å². The molecule has 5 nitrogen and oxygen atoms in total. The molecule has 3 N–H and O–H groups in total. The SMILES string of the molecule is C=CCC(CNCC(=O)C(C)C)(CNC(=O)O)c1ccc(Cl)c(Cl)c1. The molecule has 0 saturated heterocycles. The Labute approximate surface area is 158 Å². The van der Waals surface area contributed by atoms with E-state index in [2.05, 4.69) is 17.2 Å². The summed E-state index contributed by atoms with van der Waals surface area (Å²) < 4.78 is 0. The molecule has 1 aromatic rings. The van der Waals surface area contributed by atoms with Crippen LogP contribution in [0.15, 0.2) is 30.9 Å². The minimum Gasteiger partial charge on any atom is -0.465 e. The van der Waals surface area contributed by atoms with Crippen molar-refractivity contribution in [3.63, 3.8) is 0 Å². The molecule has 0 aromatic heterocycles. The number of benzene rings is 1. The maximum atomic E-state index is 11.9. The van der Waals surface area contributed by atoms with Crippen LogP contribution in [0.5, 0.6) is 0 Å². The zero-order valence-electron chi connectivity index (χ0n) is 14.4. The molecule has 0 saturated carbocycles. The van der Waals surface area contributed by atoms with E-state index in [-0.39, 0.29) is 24.8 Å². The van der Waals surface area contributed by atoms with Crippen LogP contribution in [-0.4, -0.2) is 36.6 Å². The second kappa shape index (κ2) is 9.80. The fourth-order valence-corrected chi connectivity index (χ4v) is 2.80. The zero-order valence-corrected chi connectivity index (χ0v) is 16.0. The number of halogens is 2. The van der Waals surface area contributed by atoms with Crippen molar-refractivity contribution in [2.45, 2.75) is 25.7 Å². The molecule has 0 aliphatic rings. The molecular weight excluding hydrogens is 363 g/mol. The Morgan fingerprint density at radius 3 is 2.48 bits per heavy atom. The zero-order chi connectivity index (χ0) is 19.0. The van der Waals surface area contributed by atoms with Gasteiger partial charge in [-0.2, -0.15) is 0 Å². The van der Waals surface area contributed by atoms with Gasteiger partial charge >= 0.3 is 6.09 Å². The van der Waals surface area contributed by atoms with Crippen LogP contribution in [-0.2, 0) is 10.2 Å². The molecule has 0 aliphatic heterocycles. The maximum Gasteiger partial charge on any atom is 0.404 e. The van der Waals surface area contributed by atoms with Crippen LogP contribution in [0.2, 0.25) is 10.0 Å². The summed E-state index contributed by atoms with van der Waals surface area (Å²) in [7, 11) is 0. The lowest BCUT2D eigenvalue weighted by Gasteiger charge is -2.34. The lowest BCUT2D eigenvalue weighted by atomic mass is 9.77. The van der Waals surface area contributed by atoms with E-state index < -0.39 is 11.5 Å². The molecule has 25 heavy (non-hydrogen) atoms. The van der Waals surface area contributed by atoms with E-state index in [1.807, 2.05) is 19.9 Å². The number of rotatable bonds is 10. The van der Waals surface area contributed by atoms with Crippen molar-refractivity contribution >= 4 is 35.1 Å². The first-order valence-electron chi connectivity index (χ1n) is 7.98. The Balaban J connectivity index is 3.11. The van der Waals surface area contributed by atoms with Gasteiger partial charge in [-0.15, -0.1) is 6.58 Å². The van der Waals surface area contributed by atoms with Crippen molar-refractivity contribution in [2.75, 3.05) is 19.6 Å². The highest BCUT2D eigenvalue weighted by Crippen LogP contribution is 2.32. The first-order valence-corrected chi connectivity index (χ1v) is 8.74. The van der Waals surface area contributed by atoms with Gasteiger partial charge in [0, 0.05) is 24.4 Å². The fourth-order valence-electron chi connectivity index (χ4n) is 2.51. The average Bonchev–Trinajstić information content (AvgIpc) is 2.54. The molecule has 0 radical (unpaired) electrons. The quantitative estimate of drug-likeness (QED) is 0.533. The number of hydrogen-bond acceptors (Lipinski definition) is 3. The van der Waals surface area contributed by atoms with Crippen LogP contribution >= 0.6 is 23.2 Å². The summed E-state index contributed by atoms with van der Waals surface area (Å²) >= 11 is 12.1. The molecular formula is C18H24Cl2N2O3. The average molecular weight is 387 g/mol. The van der Waals surface area contributed by atoms with Crippen molar-refractivity contribution < 1.29 is 14.7 Å². The Hall–Kier alpha value is -1.56. The summed E-state index contributed by atoms with van der Waals surface area (Å²) in [5, 5.41) is 15.4. The van der Waals surface area contributed by atoms with Gasteiger partial charge in [-0.05, 0) is 24.1 Å². The second-order valence-electron chi connectivity index (χ2n) is 6.29. The molecule has 1 aromatic carbocycles. The van der Waals surface area contributed by atoms with Gasteiger partial charge in [0.1, 0.15) is 5.78 Å². The van der Waals surface area contributed by atoms with E-state index in [0.717, 1.165) is 5.56 Å².